The summed E-state index contributed by atoms with van der Waals surface area (Å²) in [6, 6.07) is 1.75. The summed E-state index contributed by atoms with van der Waals surface area (Å²) in [4.78, 5) is 8.85. The predicted octanol–water partition coefficient (Wildman–Crippen LogP) is 4.60. The van der Waals surface area contributed by atoms with Gasteiger partial charge in [0.15, 0.2) is 0 Å². The van der Waals surface area contributed by atoms with Gasteiger partial charge >= 0.3 is 0 Å². The average Bonchev–Trinajstić information content (AvgIpc) is 3.07. The van der Waals surface area contributed by atoms with E-state index in [1.54, 1.807) is 6.07 Å². The summed E-state index contributed by atoms with van der Waals surface area (Å²) in [6.45, 7) is 6.95. The predicted molar refractivity (Wildman–Crippen MR) is 80.2 cm³/mol. The van der Waals surface area contributed by atoms with E-state index in [9.17, 15) is 0 Å². The van der Waals surface area contributed by atoms with E-state index in [-0.39, 0.29) is 6.10 Å². The van der Waals surface area contributed by atoms with Crippen LogP contribution >= 0.6 is 11.6 Å². The van der Waals surface area contributed by atoms with Crippen LogP contribution in [0.15, 0.2) is 6.07 Å². The fraction of sp³-hybridized carbons (Fsp3) is 0.750. The Labute approximate surface area is 126 Å². The second-order valence-corrected chi connectivity index (χ2v) is 7.70. The van der Waals surface area contributed by atoms with Gasteiger partial charge in [-0.05, 0) is 43.4 Å². The van der Waals surface area contributed by atoms with Crippen LogP contribution in [0.2, 0.25) is 5.15 Å². The van der Waals surface area contributed by atoms with Crippen molar-refractivity contribution in [1.82, 2.24) is 9.97 Å². The van der Waals surface area contributed by atoms with Crippen molar-refractivity contribution in [2.75, 3.05) is 0 Å². The highest BCUT2D eigenvalue weighted by Gasteiger charge is 2.34. The highest BCUT2D eigenvalue weighted by atomic mass is 35.5. The Bertz CT molecular complexity index is 499. The first-order chi connectivity index (χ1) is 9.41. The van der Waals surface area contributed by atoms with Gasteiger partial charge in [0.05, 0.1) is 0 Å². The van der Waals surface area contributed by atoms with Crippen molar-refractivity contribution >= 4 is 11.6 Å². The molecule has 0 saturated heterocycles. The molecule has 3 rings (SSSR count). The number of hydrogen-bond donors (Lipinski definition) is 0. The Morgan fingerprint density at radius 1 is 1.25 bits per heavy atom. The molecule has 2 atom stereocenters. The second-order valence-electron chi connectivity index (χ2n) is 7.31. The molecule has 1 heterocycles. The van der Waals surface area contributed by atoms with E-state index in [4.69, 9.17) is 16.3 Å². The number of aromatic nitrogens is 2. The molecule has 20 heavy (non-hydrogen) atoms. The molecule has 2 fully saturated rings. The minimum absolute atomic E-state index is 0.242. The molecule has 2 unspecified atom stereocenters. The number of halogens is 1. The van der Waals surface area contributed by atoms with Gasteiger partial charge < -0.3 is 4.74 Å². The van der Waals surface area contributed by atoms with Gasteiger partial charge in [-0.3, -0.25) is 0 Å². The van der Waals surface area contributed by atoms with E-state index in [1.807, 2.05) is 0 Å². The fourth-order valence-electron chi connectivity index (χ4n) is 3.52. The summed E-state index contributed by atoms with van der Waals surface area (Å²) >= 11 is 6.09. The Balaban J connectivity index is 1.73. The number of rotatable bonds is 3. The van der Waals surface area contributed by atoms with Crippen molar-refractivity contribution < 1.29 is 4.74 Å². The lowest BCUT2D eigenvalue weighted by molar-refractivity contribution is 0.0530. The first-order valence-electron chi connectivity index (χ1n) is 7.62. The Morgan fingerprint density at radius 2 is 2.00 bits per heavy atom. The molecule has 0 aromatic carbocycles. The van der Waals surface area contributed by atoms with Crippen LogP contribution in [0.3, 0.4) is 0 Å². The summed E-state index contributed by atoms with van der Waals surface area (Å²) < 4.78 is 6.13. The van der Waals surface area contributed by atoms with Crippen LogP contribution in [0, 0.1) is 11.3 Å². The highest BCUT2D eigenvalue weighted by molar-refractivity contribution is 6.29. The fourth-order valence-corrected chi connectivity index (χ4v) is 3.70. The summed E-state index contributed by atoms with van der Waals surface area (Å²) in [5.41, 5.74) is 0.346. The van der Waals surface area contributed by atoms with Gasteiger partial charge in [0, 0.05) is 12.0 Å². The maximum absolute atomic E-state index is 6.13. The summed E-state index contributed by atoms with van der Waals surface area (Å²) in [5, 5.41) is 0.500. The van der Waals surface area contributed by atoms with Crippen LogP contribution < -0.4 is 4.74 Å². The maximum atomic E-state index is 6.13. The van der Waals surface area contributed by atoms with Gasteiger partial charge in [-0.25, -0.2) is 4.98 Å². The molecule has 2 aliphatic carbocycles. The first kappa shape index (κ1) is 14.1. The lowest BCUT2D eigenvalue weighted by Crippen LogP contribution is -2.34. The van der Waals surface area contributed by atoms with Gasteiger partial charge in [-0.2, -0.15) is 4.98 Å². The van der Waals surface area contributed by atoms with E-state index in [0.29, 0.717) is 28.3 Å². The van der Waals surface area contributed by atoms with Crippen LogP contribution in [0.1, 0.15) is 64.6 Å². The lowest BCUT2D eigenvalue weighted by atomic mass is 9.71. The van der Waals surface area contributed by atoms with Crippen LogP contribution in [0.4, 0.5) is 0 Å². The third-order valence-electron chi connectivity index (χ3n) is 4.27. The smallest absolute Gasteiger partial charge is 0.218 e. The van der Waals surface area contributed by atoms with E-state index < -0.39 is 0 Å². The minimum Gasteiger partial charge on any atom is -0.474 e. The first-order valence-corrected chi connectivity index (χ1v) is 8.00. The van der Waals surface area contributed by atoms with Gasteiger partial charge in [-0.15, -0.1) is 0 Å². The standard InChI is InChI=1S/C16H23ClN2O/c1-10-6-12(9-16(2,3)8-10)20-14-7-13(17)18-15(19-14)11-4-5-11/h7,10-12H,4-6,8-9H2,1-3H3. The third-order valence-corrected chi connectivity index (χ3v) is 4.46. The topological polar surface area (TPSA) is 35.0 Å². The molecule has 2 aliphatic rings. The molecule has 4 heteroatoms. The van der Waals surface area contributed by atoms with Crippen molar-refractivity contribution in [3.05, 3.63) is 17.0 Å². The molecule has 1 aromatic rings. The van der Waals surface area contributed by atoms with Crippen LogP contribution in [0.25, 0.3) is 0 Å². The Kier molecular flexibility index (Phi) is 3.65. The van der Waals surface area contributed by atoms with Crippen LogP contribution in [0.5, 0.6) is 5.88 Å². The van der Waals surface area contributed by atoms with Gasteiger partial charge in [0.1, 0.15) is 17.1 Å². The molecule has 0 amide bonds. The van der Waals surface area contributed by atoms with Gasteiger partial charge in [0.25, 0.3) is 0 Å². The summed E-state index contributed by atoms with van der Waals surface area (Å²) in [7, 11) is 0. The average molecular weight is 295 g/mol. The quantitative estimate of drug-likeness (QED) is 0.764. The van der Waals surface area contributed by atoms with E-state index in [2.05, 4.69) is 30.7 Å². The van der Waals surface area contributed by atoms with Crippen molar-refractivity contribution in [1.29, 1.82) is 0 Å². The number of nitrogens with zero attached hydrogens (tertiary/aromatic N) is 2. The molecule has 0 bridgehead atoms. The lowest BCUT2D eigenvalue weighted by Gasteiger charge is -2.38. The summed E-state index contributed by atoms with van der Waals surface area (Å²) in [5.74, 6) is 2.71. The van der Waals surface area contributed by atoms with Crippen LogP contribution in [-0.4, -0.2) is 16.1 Å². The SMILES string of the molecule is CC1CC(Oc2cc(Cl)nc(C3CC3)n2)CC(C)(C)C1. The molecule has 3 nitrogen and oxygen atoms in total. The minimum atomic E-state index is 0.242. The molecule has 0 N–H and O–H groups in total. The molecule has 110 valence electrons. The second kappa shape index (κ2) is 5.18. The van der Waals surface area contributed by atoms with Crippen molar-refractivity contribution in [2.45, 2.75) is 64.9 Å². The monoisotopic (exact) mass is 294 g/mol. The molecular formula is C16H23ClN2O. The van der Waals surface area contributed by atoms with Crippen molar-refractivity contribution in [2.24, 2.45) is 11.3 Å². The molecule has 0 aliphatic heterocycles. The zero-order valence-corrected chi connectivity index (χ0v) is 13.3. The zero-order chi connectivity index (χ0) is 14.3. The zero-order valence-electron chi connectivity index (χ0n) is 12.5. The maximum Gasteiger partial charge on any atom is 0.218 e. The Morgan fingerprint density at radius 3 is 2.65 bits per heavy atom. The molecule has 2 saturated carbocycles. The van der Waals surface area contributed by atoms with Crippen molar-refractivity contribution in [3.63, 3.8) is 0 Å². The van der Waals surface area contributed by atoms with Gasteiger partial charge in [0.2, 0.25) is 5.88 Å². The number of ether oxygens (including phenoxy) is 1. The molecule has 0 spiro atoms. The third kappa shape index (κ3) is 3.43. The van der Waals surface area contributed by atoms with E-state index in [1.165, 1.54) is 19.3 Å². The molecular weight excluding hydrogens is 272 g/mol. The van der Waals surface area contributed by atoms with Crippen molar-refractivity contribution in [3.8, 4) is 5.88 Å². The Hall–Kier alpha value is -0.830. The van der Waals surface area contributed by atoms with E-state index in [0.717, 1.165) is 18.7 Å². The molecule has 0 radical (unpaired) electrons. The highest BCUT2D eigenvalue weighted by Crippen LogP contribution is 2.41. The molecule has 1 aromatic heterocycles. The largest absolute Gasteiger partial charge is 0.474 e. The summed E-state index contributed by atoms with van der Waals surface area (Å²) in [6.07, 6.45) is 6.04. The normalized spacial score (nSPS) is 29.2. The number of hydrogen-bond acceptors (Lipinski definition) is 3. The van der Waals surface area contributed by atoms with Gasteiger partial charge in [-0.1, -0.05) is 32.4 Å². The van der Waals surface area contributed by atoms with E-state index >= 15 is 0 Å². The van der Waals surface area contributed by atoms with Crippen LogP contribution in [-0.2, 0) is 0 Å².